The molecular weight excluding hydrogens is 296 g/mol. The van der Waals surface area contributed by atoms with E-state index in [1.165, 1.54) is 6.42 Å². The van der Waals surface area contributed by atoms with Gasteiger partial charge in [0.2, 0.25) is 0 Å². The van der Waals surface area contributed by atoms with Crippen molar-refractivity contribution < 1.29 is 0 Å². The Morgan fingerprint density at radius 3 is 2.17 bits per heavy atom. The van der Waals surface area contributed by atoms with Crippen molar-refractivity contribution in [1.29, 1.82) is 0 Å². The summed E-state index contributed by atoms with van der Waals surface area (Å²) in [6, 6.07) is 12.6. The lowest BCUT2D eigenvalue weighted by Crippen LogP contribution is -2.55. The number of aromatic nitrogens is 2. The van der Waals surface area contributed by atoms with Crippen molar-refractivity contribution in [2.24, 2.45) is 5.41 Å². The van der Waals surface area contributed by atoms with E-state index in [0.717, 1.165) is 30.9 Å². The molecule has 2 aromatic heterocycles. The highest BCUT2D eigenvalue weighted by Gasteiger charge is 2.50. The summed E-state index contributed by atoms with van der Waals surface area (Å²) in [5.74, 6) is 0. The SMILES string of the molecule is CC1(C)[C@H](NCc2ccccn2)CC[C@@]1(C)NCc1ccccn1. The number of rotatable bonds is 6. The molecule has 1 aliphatic carbocycles. The highest BCUT2D eigenvalue weighted by Crippen LogP contribution is 2.46. The maximum Gasteiger partial charge on any atom is 0.0541 e. The van der Waals surface area contributed by atoms with Crippen molar-refractivity contribution in [1.82, 2.24) is 20.6 Å². The highest BCUT2D eigenvalue weighted by atomic mass is 15.1. The second-order valence-electron chi connectivity index (χ2n) is 7.52. The highest BCUT2D eigenvalue weighted by molar-refractivity contribution is 5.12. The van der Waals surface area contributed by atoms with E-state index in [4.69, 9.17) is 0 Å². The smallest absolute Gasteiger partial charge is 0.0541 e. The summed E-state index contributed by atoms with van der Waals surface area (Å²) in [7, 11) is 0. The van der Waals surface area contributed by atoms with Crippen LogP contribution in [-0.4, -0.2) is 21.5 Å². The maximum atomic E-state index is 4.43. The Morgan fingerprint density at radius 1 is 0.958 bits per heavy atom. The van der Waals surface area contributed by atoms with E-state index in [1.54, 1.807) is 0 Å². The van der Waals surface area contributed by atoms with Crippen LogP contribution in [0.5, 0.6) is 0 Å². The van der Waals surface area contributed by atoms with Gasteiger partial charge in [-0.2, -0.15) is 0 Å². The van der Waals surface area contributed by atoms with Crippen LogP contribution >= 0.6 is 0 Å². The number of hydrogen-bond acceptors (Lipinski definition) is 4. The van der Waals surface area contributed by atoms with Crippen molar-refractivity contribution in [2.75, 3.05) is 0 Å². The van der Waals surface area contributed by atoms with Gasteiger partial charge in [-0.05, 0) is 49.4 Å². The zero-order valence-electron chi connectivity index (χ0n) is 14.9. The number of pyridine rings is 2. The zero-order chi connectivity index (χ0) is 17.0. The lowest BCUT2D eigenvalue weighted by atomic mass is 9.74. The maximum absolute atomic E-state index is 4.43. The summed E-state index contributed by atoms with van der Waals surface area (Å²) in [5, 5.41) is 7.50. The molecule has 2 N–H and O–H groups in total. The lowest BCUT2D eigenvalue weighted by Gasteiger charge is -2.43. The molecule has 0 spiro atoms. The summed E-state index contributed by atoms with van der Waals surface area (Å²) in [5.41, 5.74) is 2.44. The lowest BCUT2D eigenvalue weighted by molar-refractivity contribution is 0.142. The number of nitrogens with zero attached hydrogens (tertiary/aromatic N) is 2. The van der Waals surface area contributed by atoms with Crippen LogP contribution in [0.1, 0.15) is 45.0 Å². The fourth-order valence-corrected chi connectivity index (χ4v) is 3.69. The first-order chi connectivity index (χ1) is 11.5. The molecule has 24 heavy (non-hydrogen) atoms. The van der Waals surface area contributed by atoms with Crippen LogP contribution in [0, 0.1) is 5.41 Å². The molecule has 0 radical (unpaired) electrons. The van der Waals surface area contributed by atoms with E-state index < -0.39 is 0 Å². The Hall–Kier alpha value is -1.78. The molecule has 0 unspecified atom stereocenters. The third-order valence-electron chi connectivity index (χ3n) is 5.87. The summed E-state index contributed by atoms with van der Waals surface area (Å²) >= 11 is 0. The molecule has 2 heterocycles. The second-order valence-corrected chi connectivity index (χ2v) is 7.52. The molecule has 1 aliphatic rings. The predicted octanol–water partition coefficient (Wildman–Crippen LogP) is 3.30. The van der Waals surface area contributed by atoms with E-state index in [1.807, 2.05) is 36.7 Å². The van der Waals surface area contributed by atoms with E-state index >= 15 is 0 Å². The van der Waals surface area contributed by atoms with Crippen molar-refractivity contribution in [2.45, 2.75) is 58.3 Å². The Balaban J connectivity index is 1.61. The normalized spacial score (nSPS) is 25.7. The molecule has 3 rings (SSSR count). The number of nitrogens with one attached hydrogen (secondary N) is 2. The van der Waals surface area contributed by atoms with Crippen LogP contribution in [0.4, 0.5) is 0 Å². The van der Waals surface area contributed by atoms with E-state index in [-0.39, 0.29) is 11.0 Å². The molecule has 0 aromatic carbocycles. The van der Waals surface area contributed by atoms with Gasteiger partial charge in [-0.3, -0.25) is 9.97 Å². The van der Waals surface area contributed by atoms with E-state index in [9.17, 15) is 0 Å². The molecule has 0 amide bonds. The third kappa shape index (κ3) is 3.50. The van der Waals surface area contributed by atoms with Crippen LogP contribution in [0.2, 0.25) is 0 Å². The Morgan fingerprint density at radius 2 is 1.58 bits per heavy atom. The largest absolute Gasteiger partial charge is 0.308 e. The van der Waals surface area contributed by atoms with Gasteiger partial charge in [0.1, 0.15) is 0 Å². The molecule has 1 fully saturated rings. The van der Waals surface area contributed by atoms with Gasteiger partial charge in [0.25, 0.3) is 0 Å². The summed E-state index contributed by atoms with van der Waals surface area (Å²) in [6.07, 6.45) is 6.05. The average molecular weight is 324 g/mol. The predicted molar refractivity (Wildman–Crippen MR) is 97.4 cm³/mol. The van der Waals surface area contributed by atoms with Crippen molar-refractivity contribution in [3.05, 3.63) is 60.2 Å². The Bertz CT molecular complexity index is 641. The molecule has 4 nitrogen and oxygen atoms in total. The first-order valence-electron chi connectivity index (χ1n) is 8.79. The fourth-order valence-electron chi connectivity index (χ4n) is 3.69. The summed E-state index contributed by atoms with van der Waals surface area (Å²) in [6.45, 7) is 8.71. The summed E-state index contributed by atoms with van der Waals surface area (Å²) in [4.78, 5) is 8.84. The minimum absolute atomic E-state index is 0.0896. The van der Waals surface area contributed by atoms with Crippen LogP contribution in [0.15, 0.2) is 48.8 Å². The van der Waals surface area contributed by atoms with Crippen LogP contribution < -0.4 is 10.6 Å². The molecule has 128 valence electrons. The van der Waals surface area contributed by atoms with Crippen molar-refractivity contribution in [3.8, 4) is 0 Å². The molecule has 0 bridgehead atoms. The molecule has 4 heteroatoms. The molecule has 0 saturated heterocycles. The van der Waals surface area contributed by atoms with Crippen LogP contribution in [0.25, 0.3) is 0 Å². The van der Waals surface area contributed by atoms with Gasteiger partial charge in [0, 0.05) is 37.1 Å². The van der Waals surface area contributed by atoms with Crippen LogP contribution in [-0.2, 0) is 13.1 Å². The van der Waals surface area contributed by atoms with Crippen molar-refractivity contribution in [3.63, 3.8) is 0 Å². The molecule has 2 atom stereocenters. The van der Waals surface area contributed by atoms with Crippen molar-refractivity contribution >= 4 is 0 Å². The third-order valence-corrected chi connectivity index (χ3v) is 5.87. The van der Waals surface area contributed by atoms with Gasteiger partial charge < -0.3 is 10.6 Å². The van der Waals surface area contributed by atoms with Gasteiger partial charge >= 0.3 is 0 Å². The van der Waals surface area contributed by atoms with Crippen LogP contribution in [0.3, 0.4) is 0 Å². The summed E-state index contributed by atoms with van der Waals surface area (Å²) < 4.78 is 0. The van der Waals surface area contributed by atoms with Gasteiger partial charge in [-0.1, -0.05) is 26.0 Å². The minimum Gasteiger partial charge on any atom is -0.308 e. The molecule has 1 saturated carbocycles. The average Bonchev–Trinajstić information content (AvgIpc) is 2.83. The van der Waals surface area contributed by atoms with E-state index in [2.05, 4.69) is 53.5 Å². The molecule has 0 aliphatic heterocycles. The fraction of sp³-hybridized carbons (Fsp3) is 0.500. The van der Waals surface area contributed by atoms with Gasteiger partial charge in [-0.25, -0.2) is 0 Å². The Labute approximate surface area is 145 Å². The number of hydrogen-bond donors (Lipinski definition) is 2. The first-order valence-corrected chi connectivity index (χ1v) is 8.79. The molecular formula is C20H28N4. The topological polar surface area (TPSA) is 49.8 Å². The quantitative estimate of drug-likeness (QED) is 0.856. The monoisotopic (exact) mass is 324 g/mol. The van der Waals surface area contributed by atoms with E-state index in [0.29, 0.717) is 6.04 Å². The molecule has 2 aromatic rings. The second kappa shape index (κ2) is 6.99. The first kappa shape index (κ1) is 17.1. The van der Waals surface area contributed by atoms with Gasteiger partial charge in [0.05, 0.1) is 11.4 Å². The van der Waals surface area contributed by atoms with Gasteiger partial charge in [0.15, 0.2) is 0 Å². The zero-order valence-corrected chi connectivity index (χ0v) is 14.9. The standard InChI is InChI=1S/C20H28N4/c1-19(2)18(23-14-16-8-4-6-12-21-16)10-11-20(19,3)24-15-17-9-5-7-13-22-17/h4-9,12-13,18,23-24H,10-11,14-15H2,1-3H3/t18-,20-/m1/s1. The Kier molecular flexibility index (Phi) is 4.97. The van der Waals surface area contributed by atoms with Gasteiger partial charge in [-0.15, -0.1) is 0 Å². The minimum atomic E-state index is 0.0896.